The number of likely N-dealkylation sites (tertiary alicyclic amines) is 1. The second-order valence-corrected chi connectivity index (χ2v) is 8.32. The smallest absolute Gasteiger partial charge is 0.321 e. The van der Waals surface area contributed by atoms with Gasteiger partial charge in [-0.05, 0) is 37.8 Å². The van der Waals surface area contributed by atoms with Crippen LogP contribution in [0.15, 0.2) is 39.9 Å². The van der Waals surface area contributed by atoms with Gasteiger partial charge in [0.05, 0.1) is 6.54 Å². The molecule has 4 rings (SSSR count). The predicted molar refractivity (Wildman–Crippen MR) is 119 cm³/mol. The van der Waals surface area contributed by atoms with Crippen LogP contribution in [0.5, 0.6) is 0 Å². The third-order valence-corrected chi connectivity index (χ3v) is 6.46. The van der Waals surface area contributed by atoms with Crippen molar-refractivity contribution < 1.29 is 0 Å². The van der Waals surface area contributed by atoms with Gasteiger partial charge in [-0.25, -0.2) is 9.78 Å². The minimum absolute atomic E-state index is 0.273. The fourth-order valence-corrected chi connectivity index (χ4v) is 4.65. The number of nitrogens with zero attached hydrogens (tertiary/aromatic N) is 5. The van der Waals surface area contributed by atoms with E-state index in [1.807, 2.05) is 22.8 Å². The van der Waals surface area contributed by atoms with Crippen LogP contribution in [0, 0.1) is 0 Å². The fourth-order valence-electron chi connectivity index (χ4n) is 4.65. The second kappa shape index (κ2) is 8.60. The first-order valence-electron chi connectivity index (χ1n) is 10.9. The molecule has 30 heavy (non-hydrogen) atoms. The van der Waals surface area contributed by atoms with E-state index < -0.39 is 0 Å². The first-order valence-corrected chi connectivity index (χ1v) is 10.9. The van der Waals surface area contributed by atoms with Crippen LogP contribution in [0.2, 0.25) is 0 Å². The molecule has 1 aliphatic heterocycles. The second-order valence-electron chi connectivity index (χ2n) is 8.32. The van der Waals surface area contributed by atoms with E-state index in [0.717, 1.165) is 25.2 Å². The first-order chi connectivity index (χ1) is 14.5. The van der Waals surface area contributed by atoms with E-state index in [9.17, 15) is 9.59 Å². The molecule has 1 aliphatic rings. The number of aryl methyl sites for hydroxylation is 3. The summed E-state index contributed by atoms with van der Waals surface area (Å²) in [7, 11) is 3.23. The quantitative estimate of drug-likeness (QED) is 0.627. The van der Waals surface area contributed by atoms with Crippen LogP contribution >= 0.6 is 0 Å². The van der Waals surface area contributed by atoms with E-state index in [0.29, 0.717) is 30.3 Å². The summed E-state index contributed by atoms with van der Waals surface area (Å²) in [4.78, 5) is 32.8. The van der Waals surface area contributed by atoms with E-state index >= 15 is 0 Å². The summed E-state index contributed by atoms with van der Waals surface area (Å²) >= 11 is 0. The Labute approximate surface area is 176 Å². The third-order valence-electron chi connectivity index (χ3n) is 6.46. The minimum Gasteiger partial charge on any atom is -0.321 e. The zero-order valence-electron chi connectivity index (χ0n) is 18.2. The molecule has 7 nitrogen and oxygen atoms in total. The van der Waals surface area contributed by atoms with Crippen molar-refractivity contribution in [1.29, 1.82) is 0 Å². The maximum absolute atomic E-state index is 13.0. The van der Waals surface area contributed by atoms with Crippen LogP contribution in [-0.4, -0.2) is 36.2 Å². The Bertz CT molecular complexity index is 1140. The molecular formula is C23H31N5O2. The van der Waals surface area contributed by atoms with Gasteiger partial charge in [0.2, 0.25) is 0 Å². The average molecular weight is 410 g/mol. The number of fused-ring (bicyclic) bond motifs is 1. The van der Waals surface area contributed by atoms with Gasteiger partial charge in [0.15, 0.2) is 11.2 Å². The maximum Gasteiger partial charge on any atom is 0.332 e. The van der Waals surface area contributed by atoms with E-state index in [2.05, 4.69) is 24.0 Å². The molecule has 1 atom stereocenters. The van der Waals surface area contributed by atoms with Crippen LogP contribution in [0.25, 0.3) is 11.2 Å². The minimum atomic E-state index is -0.337. The number of piperidine rings is 1. The van der Waals surface area contributed by atoms with Gasteiger partial charge in [-0.3, -0.25) is 18.8 Å². The van der Waals surface area contributed by atoms with Crippen molar-refractivity contribution >= 4 is 11.2 Å². The van der Waals surface area contributed by atoms with Gasteiger partial charge in [-0.15, -0.1) is 0 Å². The largest absolute Gasteiger partial charge is 0.332 e. The molecule has 160 valence electrons. The van der Waals surface area contributed by atoms with Crippen molar-refractivity contribution in [3.8, 4) is 0 Å². The molecular weight excluding hydrogens is 378 g/mol. The SMILES string of the molecule is CCC1CCCCN1Cc1nc2c(c(=O)n(C)c(=O)n2C)n1CCc1ccccc1. The van der Waals surface area contributed by atoms with Crippen LogP contribution in [-0.2, 0) is 33.6 Å². The Kier molecular flexibility index (Phi) is 5.90. The number of hydrogen-bond acceptors (Lipinski definition) is 4. The molecule has 7 heteroatoms. The Hall–Kier alpha value is -2.67. The van der Waals surface area contributed by atoms with E-state index in [1.54, 1.807) is 7.05 Å². The molecule has 3 heterocycles. The topological polar surface area (TPSA) is 65.1 Å². The number of benzene rings is 1. The van der Waals surface area contributed by atoms with Gasteiger partial charge in [-0.1, -0.05) is 43.7 Å². The summed E-state index contributed by atoms with van der Waals surface area (Å²) in [6.45, 7) is 4.66. The highest BCUT2D eigenvalue weighted by Gasteiger charge is 2.25. The Balaban J connectivity index is 1.79. The Morgan fingerprint density at radius 2 is 1.83 bits per heavy atom. The Morgan fingerprint density at radius 1 is 1.07 bits per heavy atom. The molecule has 2 aromatic heterocycles. The van der Waals surface area contributed by atoms with Crippen molar-refractivity contribution in [3.05, 3.63) is 62.6 Å². The third kappa shape index (κ3) is 3.74. The number of rotatable bonds is 6. The number of aromatic nitrogens is 4. The number of imidazole rings is 1. The molecule has 1 saturated heterocycles. The lowest BCUT2D eigenvalue weighted by Crippen LogP contribution is -2.39. The van der Waals surface area contributed by atoms with Crippen molar-refractivity contribution in [2.75, 3.05) is 6.54 Å². The summed E-state index contributed by atoms with van der Waals surface area (Å²) < 4.78 is 4.72. The summed E-state index contributed by atoms with van der Waals surface area (Å²) in [5, 5.41) is 0. The van der Waals surface area contributed by atoms with Crippen LogP contribution in [0.1, 0.15) is 44.0 Å². The van der Waals surface area contributed by atoms with E-state index in [-0.39, 0.29) is 11.2 Å². The standard InChI is InChI=1S/C23H31N5O2/c1-4-18-12-8-9-14-27(18)16-19-24-21-20(22(29)26(3)23(30)25(21)2)28(19)15-13-17-10-6-5-7-11-17/h5-7,10-11,18H,4,8-9,12-16H2,1-3H3. The lowest BCUT2D eigenvalue weighted by Gasteiger charge is -2.34. The zero-order chi connectivity index (χ0) is 21.3. The highest BCUT2D eigenvalue weighted by molar-refractivity contribution is 5.71. The molecule has 0 bridgehead atoms. The summed E-state index contributed by atoms with van der Waals surface area (Å²) in [6.07, 6.45) is 5.60. The highest BCUT2D eigenvalue weighted by atomic mass is 16.2. The molecule has 3 aromatic rings. The summed E-state index contributed by atoms with van der Waals surface area (Å²) in [5.74, 6) is 0.875. The van der Waals surface area contributed by atoms with Gasteiger partial charge >= 0.3 is 5.69 Å². The Morgan fingerprint density at radius 3 is 2.57 bits per heavy atom. The predicted octanol–water partition coefficient (Wildman–Crippen LogP) is 2.44. The van der Waals surface area contributed by atoms with Crippen LogP contribution in [0.4, 0.5) is 0 Å². The van der Waals surface area contributed by atoms with Crippen molar-refractivity contribution in [2.45, 2.75) is 58.2 Å². The molecule has 0 aliphatic carbocycles. The normalized spacial score (nSPS) is 17.6. The van der Waals surface area contributed by atoms with E-state index in [1.165, 1.54) is 41.0 Å². The van der Waals surface area contributed by atoms with Gasteiger partial charge in [0, 0.05) is 26.7 Å². The zero-order valence-corrected chi connectivity index (χ0v) is 18.2. The van der Waals surface area contributed by atoms with Gasteiger partial charge in [0.25, 0.3) is 5.56 Å². The van der Waals surface area contributed by atoms with Gasteiger partial charge < -0.3 is 4.57 Å². The molecule has 1 aromatic carbocycles. The van der Waals surface area contributed by atoms with Crippen molar-refractivity contribution in [1.82, 2.24) is 23.6 Å². The van der Waals surface area contributed by atoms with Crippen LogP contribution < -0.4 is 11.2 Å². The molecule has 0 spiro atoms. The van der Waals surface area contributed by atoms with Crippen molar-refractivity contribution in [3.63, 3.8) is 0 Å². The van der Waals surface area contributed by atoms with Gasteiger partial charge in [0.1, 0.15) is 5.82 Å². The molecule has 0 amide bonds. The highest BCUT2D eigenvalue weighted by Crippen LogP contribution is 2.23. The van der Waals surface area contributed by atoms with Gasteiger partial charge in [-0.2, -0.15) is 0 Å². The maximum atomic E-state index is 13.0. The molecule has 0 radical (unpaired) electrons. The average Bonchev–Trinajstić information content (AvgIpc) is 3.14. The van der Waals surface area contributed by atoms with Crippen LogP contribution in [0.3, 0.4) is 0 Å². The monoisotopic (exact) mass is 409 g/mol. The summed E-state index contributed by atoms with van der Waals surface area (Å²) in [6, 6.07) is 10.8. The molecule has 1 fully saturated rings. The fraction of sp³-hybridized carbons (Fsp3) is 0.522. The lowest BCUT2D eigenvalue weighted by molar-refractivity contribution is 0.131. The molecule has 0 saturated carbocycles. The molecule has 0 N–H and O–H groups in total. The van der Waals surface area contributed by atoms with Crippen molar-refractivity contribution in [2.24, 2.45) is 14.1 Å². The number of hydrogen-bond donors (Lipinski definition) is 0. The lowest BCUT2D eigenvalue weighted by atomic mass is 10.00. The molecule has 1 unspecified atom stereocenters. The summed E-state index contributed by atoms with van der Waals surface area (Å²) in [5.41, 5.74) is 1.62. The van der Waals surface area contributed by atoms with E-state index in [4.69, 9.17) is 4.98 Å². The first kappa shape index (κ1) is 20.6.